The lowest BCUT2D eigenvalue weighted by Crippen LogP contribution is -2.19. The number of amides is 1. The molecule has 0 unspecified atom stereocenters. The fourth-order valence-corrected chi connectivity index (χ4v) is 2.43. The fourth-order valence-electron chi connectivity index (χ4n) is 1.58. The van der Waals surface area contributed by atoms with Gasteiger partial charge in [0.15, 0.2) is 12.4 Å². The lowest BCUT2D eigenvalue weighted by atomic mass is 10.2. The maximum absolute atomic E-state index is 11.7. The second kappa shape index (κ2) is 7.10. The number of hydrogen-bond acceptors (Lipinski definition) is 4. The molecule has 0 aliphatic heterocycles. The molecule has 1 aromatic heterocycles. The number of benzene rings is 1. The van der Waals surface area contributed by atoms with Gasteiger partial charge in [0.2, 0.25) is 0 Å². The van der Waals surface area contributed by atoms with E-state index in [0.717, 1.165) is 10.4 Å². The van der Waals surface area contributed by atoms with Crippen molar-refractivity contribution in [3.63, 3.8) is 0 Å². The number of nitrogens with zero attached hydrogens (tertiary/aromatic N) is 1. The largest absolute Gasteiger partial charge is 0.384 e. The maximum atomic E-state index is 11.7. The van der Waals surface area contributed by atoms with Gasteiger partial charge in [-0.3, -0.25) is 4.79 Å². The van der Waals surface area contributed by atoms with Gasteiger partial charge in [-0.25, -0.2) is 0 Å². The first-order chi connectivity index (χ1) is 10.1. The third-order valence-corrected chi connectivity index (χ3v) is 3.72. The average molecular weight is 324 g/mol. The van der Waals surface area contributed by atoms with E-state index in [1.807, 2.05) is 24.4 Å². The van der Waals surface area contributed by atoms with Crippen molar-refractivity contribution >= 4 is 40.4 Å². The highest BCUT2D eigenvalue weighted by Gasteiger charge is 2.06. The smallest absolute Gasteiger partial charge is 0.265 e. The Morgan fingerprint density at radius 2 is 2.29 bits per heavy atom. The number of aryl methyl sites for hydroxylation is 1. The molecule has 2 rings (SSSR count). The molecule has 0 atom stereocenters. The van der Waals surface area contributed by atoms with Crippen molar-refractivity contribution in [3.05, 3.63) is 51.2 Å². The van der Waals surface area contributed by atoms with Gasteiger partial charge in [0, 0.05) is 10.7 Å². The summed E-state index contributed by atoms with van der Waals surface area (Å²) in [5.41, 5.74) is 7.26. The zero-order valence-electron chi connectivity index (χ0n) is 11.3. The Kier molecular flexibility index (Phi) is 5.19. The summed E-state index contributed by atoms with van der Waals surface area (Å²) >= 11 is 7.30. The molecule has 21 heavy (non-hydrogen) atoms. The Morgan fingerprint density at radius 1 is 1.48 bits per heavy atom. The van der Waals surface area contributed by atoms with Crippen molar-refractivity contribution in [2.24, 2.45) is 10.9 Å². The number of halogens is 1. The molecule has 0 saturated heterocycles. The molecule has 2 aromatic rings. The van der Waals surface area contributed by atoms with Crippen LogP contribution in [0.25, 0.3) is 0 Å². The maximum Gasteiger partial charge on any atom is 0.265 e. The summed E-state index contributed by atoms with van der Waals surface area (Å²) in [5, 5.41) is 8.93. The van der Waals surface area contributed by atoms with Gasteiger partial charge < -0.3 is 15.9 Å². The van der Waals surface area contributed by atoms with E-state index >= 15 is 0 Å². The molecule has 3 N–H and O–H groups in total. The number of oxime groups is 1. The Labute approximate surface area is 131 Å². The summed E-state index contributed by atoms with van der Waals surface area (Å²) in [5.74, 6) is -0.0661. The molecule has 110 valence electrons. The van der Waals surface area contributed by atoms with Gasteiger partial charge in [-0.1, -0.05) is 22.8 Å². The van der Waals surface area contributed by atoms with Crippen LogP contribution in [0.2, 0.25) is 5.02 Å². The number of thiophene rings is 1. The van der Waals surface area contributed by atoms with E-state index in [-0.39, 0.29) is 18.3 Å². The highest BCUT2D eigenvalue weighted by molar-refractivity contribution is 7.12. The molecule has 0 radical (unpaired) electrons. The molecule has 0 aliphatic carbocycles. The fraction of sp³-hybridized carbons (Fsp3) is 0.143. The number of anilines is 1. The van der Waals surface area contributed by atoms with Crippen LogP contribution in [0.3, 0.4) is 0 Å². The number of carbonyl (C=O) groups is 1. The lowest BCUT2D eigenvalue weighted by Gasteiger charge is -2.08. The van der Waals surface area contributed by atoms with Crippen LogP contribution in [0.4, 0.5) is 5.69 Å². The summed E-state index contributed by atoms with van der Waals surface area (Å²) < 4.78 is 0. The van der Waals surface area contributed by atoms with E-state index in [0.29, 0.717) is 10.7 Å². The summed E-state index contributed by atoms with van der Waals surface area (Å²) in [4.78, 5) is 17.5. The van der Waals surface area contributed by atoms with Gasteiger partial charge in [0.1, 0.15) is 0 Å². The first-order valence-corrected chi connectivity index (χ1v) is 7.37. The van der Waals surface area contributed by atoms with Gasteiger partial charge in [-0.05, 0) is 42.1 Å². The standard InChI is InChI=1S/C14H14ClN3O2S/c1-9-7-10(15)4-5-11(9)17-13(19)8-20-18-14(16)12-3-2-6-21-12/h2-7H,8H2,1H3,(H2,16,18)(H,17,19). The Balaban J connectivity index is 1.86. The molecule has 1 amide bonds. The first-order valence-electron chi connectivity index (χ1n) is 6.11. The van der Waals surface area contributed by atoms with Crippen LogP contribution in [0.1, 0.15) is 10.4 Å². The molecule has 5 nitrogen and oxygen atoms in total. The highest BCUT2D eigenvalue weighted by Crippen LogP contribution is 2.19. The third kappa shape index (κ3) is 4.47. The van der Waals surface area contributed by atoms with Gasteiger partial charge in [0.05, 0.1) is 4.88 Å². The Bertz CT molecular complexity index is 656. The zero-order chi connectivity index (χ0) is 15.2. The molecule has 0 aliphatic rings. The summed E-state index contributed by atoms with van der Waals surface area (Å²) in [6.07, 6.45) is 0. The highest BCUT2D eigenvalue weighted by atomic mass is 35.5. The van der Waals surface area contributed by atoms with Gasteiger partial charge >= 0.3 is 0 Å². The predicted molar refractivity (Wildman–Crippen MR) is 85.8 cm³/mol. The van der Waals surface area contributed by atoms with Crippen molar-refractivity contribution in [2.75, 3.05) is 11.9 Å². The molecule has 1 aromatic carbocycles. The van der Waals surface area contributed by atoms with Crippen LogP contribution in [0.15, 0.2) is 40.9 Å². The van der Waals surface area contributed by atoms with E-state index in [9.17, 15) is 4.79 Å². The molecule has 7 heteroatoms. The van der Waals surface area contributed by atoms with E-state index < -0.39 is 0 Å². The van der Waals surface area contributed by atoms with E-state index in [1.165, 1.54) is 11.3 Å². The molecule has 0 saturated carbocycles. The molecule has 1 heterocycles. The SMILES string of the molecule is Cc1cc(Cl)ccc1NC(=O)CO/N=C(\N)c1cccs1. The summed E-state index contributed by atoms with van der Waals surface area (Å²) in [6, 6.07) is 8.89. The summed E-state index contributed by atoms with van der Waals surface area (Å²) in [6.45, 7) is 1.64. The van der Waals surface area contributed by atoms with Crippen molar-refractivity contribution in [1.82, 2.24) is 0 Å². The van der Waals surface area contributed by atoms with Crippen molar-refractivity contribution in [3.8, 4) is 0 Å². The first kappa shape index (κ1) is 15.3. The molecular formula is C14H14ClN3O2S. The number of nitrogens with one attached hydrogen (secondary N) is 1. The zero-order valence-corrected chi connectivity index (χ0v) is 12.9. The normalized spacial score (nSPS) is 11.2. The monoisotopic (exact) mass is 323 g/mol. The van der Waals surface area contributed by atoms with Crippen molar-refractivity contribution in [1.29, 1.82) is 0 Å². The lowest BCUT2D eigenvalue weighted by molar-refractivity contribution is -0.120. The van der Waals surface area contributed by atoms with Crippen LogP contribution in [-0.4, -0.2) is 18.3 Å². The van der Waals surface area contributed by atoms with Crippen molar-refractivity contribution < 1.29 is 9.63 Å². The number of amidine groups is 1. The van der Waals surface area contributed by atoms with Crippen LogP contribution in [0, 0.1) is 6.92 Å². The minimum atomic E-state index is -0.317. The quantitative estimate of drug-likeness (QED) is 0.504. The van der Waals surface area contributed by atoms with Crippen molar-refractivity contribution in [2.45, 2.75) is 6.92 Å². The van der Waals surface area contributed by atoms with Crippen LogP contribution < -0.4 is 11.1 Å². The number of rotatable bonds is 5. The molecule has 0 spiro atoms. The average Bonchev–Trinajstić information content (AvgIpc) is 2.96. The molecule has 0 bridgehead atoms. The van der Waals surface area contributed by atoms with E-state index in [1.54, 1.807) is 18.2 Å². The number of hydrogen-bond donors (Lipinski definition) is 2. The Morgan fingerprint density at radius 3 is 2.95 bits per heavy atom. The van der Waals surface area contributed by atoms with Gasteiger partial charge in [-0.2, -0.15) is 0 Å². The van der Waals surface area contributed by atoms with E-state index in [4.69, 9.17) is 22.2 Å². The van der Waals surface area contributed by atoms with Gasteiger partial charge in [0.25, 0.3) is 5.91 Å². The third-order valence-electron chi connectivity index (χ3n) is 2.59. The summed E-state index contributed by atoms with van der Waals surface area (Å²) in [7, 11) is 0. The van der Waals surface area contributed by atoms with Crippen LogP contribution in [0.5, 0.6) is 0 Å². The minimum absolute atomic E-state index is 0.214. The predicted octanol–water partition coefficient (Wildman–Crippen LogP) is 2.99. The van der Waals surface area contributed by atoms with Gasteiger partial charge in [-0.15, -0.1) is 11.3 Å². The minimum Gasteiger partial charge on any atom is -0.384 e. The molecular weight excluding hydrogens is 310 g/mol. The van der Waals surface area contributed by atoms with Crippen LogP contribution >= 0.6 is 22.9 Å². The number of carbonyl (C=O) groups excluding carboxylic acids is 1. The van der Waals surface area contributed by atoms with E-state index in [2.05, 4.69) is 10.5 Å². The second-order valence-corrected chi connectivity index (χ2v) is 5.62. The topological polar surface area (TPSA) is 76.7 Å². The number of nitrogens with two attached hydrogens (primary N) is 1. The second-order valence-electron chi connectivity index (χ2n) is 4.23. The Hall–Kier alpha value is -2.05. The molecule has 0 fully saturated rings. The van der Waals surface area contributed by atoms with Crippen LogP contribution in [-0.2, 0) is 9.63 Å².